The predicted octanol–water partition coefficient (Wildman–Crippen LogP) is 8.28. The fourth-order valence-corrected chi connectivity index (χ4v) is 9.96. The molecule has 0 heterocycles. The molecule has 0 spiro atoms. The van der Waals surface area contributed by atoms with Gasteiger partial charge in [0.05, 0.1) is 24.9 Å². The van der Waals surface area contributed by atoms with Crippen LogP contribution in [0.4, 0.5) is 0 Å². The summed E-state index contributed by atoms with van der Waals surface area (Å²) in [4.78, 5) is 0. The van der Waals surface area contributed by atoms with E-state index in [4.69, 9.17) is 18.5 Å². The van der Waals surface area contributed by atoms with E-state index < -0.39 is 14.7 Å². The third-order valence-electron chi connectivity index (χ3n) is 6.97. The first-order valence-electron chi connectivity index (χ1n) is 13.7. The molecule has 0 radical (unpaired) electrons. The van der Waals surface area contributed by atoms with E-state index in [-0.39, 0.29) is 24.4 Å². The summed E-state index contributed by atoms with van der Waals surface area (Å²) < 4.78 is 50.5. The van der Waals surface area contributed by atoms with Crippen LogP contribution in [0, 0.1) is 11.8 Å². The maximum atomic E-state index is 13.5. The fraction of sp³-hybridized carbons (Fsp3) is 1.00. The average molecular weight is 523 g/mol. The van der Waals surface area contributed by atoms with Crippen LogP contribution in [0.15, 0.2) is 0 Å². The maximum Gasteiger partial charge on any atom is 0.228 e. The van der Waals surface area contributed by atoms with Crippen molar-refractivity contribution >= 4 is 14.7 Å². The van der Waals surface area contributed by atoms with E-state index in [0.717, 1.165) is 38.5 Å². The van der Waals surface area contributed by atoms with Gasteiger partial charge in [0, 0.05) is 12.3 Å². The Balaban J connectivity index is 1.75. The van der Waals surface area contributed by atoms with Crippen molar-refractivity contribution in [3.8, 4) is 0 Å². The van der Waals surface area contributed by atoms with Crippen molar-refractivity contribution < 1.29 is 27.7 Å². The summed E-state index contributed by atoms with van der Waals surface area (Å²) >= 11 is 0. The Labute approximate surface area is 209 Å². The summed E-state index contributed by atoms with van der Waals surface area (Å²) in [5, 5.41) is 0. The largest absolute Gasteiger partial charge is 0.368 e. The zero-order chi connectivity index (χ0) is 25.1. The molecule has 2 fully saturated rings. The highest BCUT2D eigenvalue weighted by molar-refractivity contribution is 7.59. The number of ether oxygens (including phenoxy) is 2. The molecule has 0 aromatic heterocycles. The van der Waals surface area contributed by atoms with Gasteiger partial charge in [-0.2, -0.15) is 0 Å². The molecule has 0 aromatic carbocycles. The molecule has 0 bridgehead atoms. The number of hydrogen-bond acceptors (Lipinski definition) is 6. The Morgan fingerprint density at radius 3 is 1.88 bits per heavy atom. The lowest BCUT2D eigenvalue weighted by Crippen LogP contribution is -2.22. The van der Waals surface area contributed by atoms with Gasteiger partial charge < -0.3 is 18.5 Å². The highest BCUT2D eigenvalue weighted by Crippen LogP contribution is 2.52. The highest BCUT2D eigenvalue weighted by atomic mass is 31.2. The van der Waals surface area contributed by atoms with Gasteiger partial charge >= 0.3 is 0 Å². The lowest BCUT2D eigenvalue weighted by Gasteiger charge is -2.27. The van der Waals surface area contributed by atoms with E-state index >= 15 is 0 Å². The van der Waals surface area contributed by atoms with E-state index in [0.29, 0.717) is 37.4 Å². The molecule has 0 N–H and O–H groups in total. The molecule has 3 atom stereocenters. The summed E-state index contributed by atoms with van der Waals surface area (Å²) in [5.41, 5.74) is -0.330. The number of hydrogen-bond donors (Lipinski definition) is 0. The van der Waals surface area contributed by atoms with E-state index in [1.807, 2.05) is 34.6 Å². The molecule has 2 aliphatic carbocycles. The van der Waals surface area contributed by atoms with E-state index in [9.17, 15) is 9.13 Å². The summed E-state index contributed by atoms with van der Waals surface area (Å²) in [5.74, 6) is 0.997. The molecule has 2 rings (SSSR count). The van der Waals surface area contributed by atoms with Crippen molar-refractivity contribution in [1.82, 2.24) is 0 Å². The van der Waals surface area contributed by atoms with Gasteiger partial charge in [-0.25, -0.2) is 0 Å². The molecule has 3 unspecified atom stereocenters. The van der Waals surface area contributed by atoms with Crippen molar-refractivity contribution in [1.29, 1.82) is 0 Å². The van der Waals surface area contributed by atoms with Gasteiger partial charge in [0.1, 0.15) is 12.7 Å². The zero-order valence-electron chi connectivity index (χ0n) is 22.6. The summed E-state index contributed by atoms with van der Waals surface area (Å²) in [6.07, 6.45) is 14.0. The molecule has 0 saturated heterocycles. The van der Waals surface area contributed by atoms with Crippen LogP contribution in [-0.2, 0) is 27.7 Å². The van der Waals surface area contributed by atoms with E-state index in [1.165, 1.54) is 32.1 Å². The Hall–Kier alpha value is 0.300. The third-order valence-corrected chi connectivity index (χ3v) is 11.6. The Morgan fingerprint density at radius 2 is 1.35 bits per heavy atom. The van der Waals surface area contributed by atoms with Crippen LogP contribution < -0.4 is 0 Å². The minimum Gasteiger partial charge on any atom is -0.368 e. The van der Waals surface area contributed by atoms with Crippen LogP contribution >= 0.6 is 14.7 Å². The molecular weight excluding hydrogens is 470 g/mol. The van der Waals surface area contributed by atoms with Crippen molar-refractivity contribution in [2.45, 2.75) is 117 Å². The van der Waals surface area contributed by atoms with Crippen LogP contribution in [0.5, 0.6) is 0 Å². The predicted molar refractivity (Wildman–Crippen MR) is 141 cm³/mol. The average Bonchev–Trinajstić information content (AvgIpc) is 3.27. The first kappa shape index (κ1) is 30.5. The van der Waals surface area contributed by atoms with Crippen LogP contribution in [-0.4, -0.2) is 49.9 Å². The van der Waals surface area contributed by atoms with Crippen LogP contribution in [0.3, 0.4) is 0 Å². The molecule has 8 heteroatoms. The molecule has 0 aliphatic heterocycles. The molecule has 6 nitrogen and oxygen atoms in total. The molecule has 0 aromatic rings. The van der Waals surface area contributed by atoms with Gasteiger partial charge in [-0.05, 0) is 85.0 Å². The second kappa shape index (κ2) is 14.9. The molecule has 34 heavy (non-hydrogen) atoms. The Morgan fingerprint density at radius 1 is 0.824 bits per heavy atom. The smallest absolute Gasteiger partial charge is 0.228 e. The second-order valence-electron chi connectivity index (χ2n) is 11.5. The van der Waals surface area contributed by atoms with Gasteiger partial charge in [0.2, 0.25) is 14.7 Å². The highest BCUT2D eigenvalue weighted by Gasteiger charge is 2.32. The standard InChI is InChI=1S/C26H52O6P2/c1-6-31-33(27,19-24-14-8-7-9-15-24)21-29-23(2)13-12-18-32-34(28,22-30-26(3,4)5)20-25-16-10-11-17-25/h23-25H,6-22H2,1-5H3. The van der Waals surface area contributed by atoms with Gasteiger partial charge in [0.25, 0.3) is 0 Å². The van der Waals surface area contributed by atoms with Gasteiger partial charge in [0.15, 0.2) is 0 Å². The van der Waals surface area contributed by atoms with Crippen molar-refractivity contribution in [2.24, 2.45) is 11.8 Å². The number of rotatable bonds is 16. The first-order chi connectivity index (χ1) is 16.0. The van der Waals surface area contributed by atoms with Crippen molar-refractivity contribution in [3.63, 3.8) is 0 Å². The fourth-order valence-electron chi connectivity index (χ4n) is 5.09. The van der Waals surface area contributed by atoms with Crippen molar-refractivity contribution in [3.05, 3.63) is 0 Å². The van der Waals surface area contributed by atoms with Crippen LogP contribution in [0.25, 0.3) is 0 Å². The quantitative estimate of drug-likeness (QED) is 0.150. The molecular formula is C26H52O6P2. The first-order valence-corrected chi connectivity index (χ1v) is 17.7. The summed E-state index contributed by atoms with van der Waals surface area (Å²) in [6, 6.07) is 0. The van der Waals surface area contributed by atoms with Gasteiger partial charge in [-0.3, -0.25) is 9.13 Å². The maximum absolute atomic E-state index is 13.5. The topological polar surface area (TPSA) is 71.1 Å². The molecule has 2 saturated carbocycles. The third kappa shape index (κ3) is 12.5. The molecule has 0 amide bonds. The summed E-state index contributed by atoms with van der Waals surface area (Å²) in [6.45, 7) is 10.8. The van der Waals surface area contributed by atoms with Crippen LogP contribution in [0.1, 0.15) is 105 Å². The van der Waals surface area contributed by atoms with E-state index in [2.05, 4.69) is 0 Å². The monoisotopic (exact) mass is 522 g/mol. The SMILES string of the molecule is CCOP(=O)(COC(C)CCCOP(=O)(COC(C)(C)C)CC1CCCC1)CC1CCCCC1. The van der Waals surface area contributed by atoms with Crippen LogP contribution in [0.2, 0.25) is 0 Å². The molecule has 2 aliphatic rings. The summed E-state index contributed by atoms with van der Waals surface area (Å²) in [7, 11) is -5.59. The van der Waals surface area contributed by atoms with Gasteiger partial charge in [-0.1, -0.05) is 32.1 Å². The Kier molecular flexibility index (Phi) is 13.4. The van der Waals surface area contributed by atoms with Crippen molar-refractivity contribution in [2.75, 3.05) is 38.2 Å². The normalized spacial score (nSPS) is 23.0. The lowest BCUT2D eigenvalue weighted by molar-refractivity contribution is 0.0193. The minimum atomic E-state index is -2.82. The Bertz CT molecular complexity index is 650. The van der Waals surface area contributed by atoms with Gasteiger partial charge in [-0.15, -0.1) is 0 Å². The lowest BCUT2D eigenvalue weighted by atomic mass is 9.91. The second-order valence-corrected chi connectivity index (χ2v) is 16.6. The minimum absolute atomic E-state index is 0.0382. The van der Waals surface area contributed by atoms with E-state index in [1.54, 1.807) is 0 Å². The zero-order valence-corrected chi connectivity index (χ0v) is 24.4. The molecule has 202 valence electrons.